The van der Waals surface area contributed by atoms with Gasteiger partial charge in [-0.3, -0.25) is 9.59 Å². The van der Waals surface area contributed by atoms with Gasteiger partial charge in [0.2, 0.25) is 0 Å². The Hall–Kier alpha value is -5.23. The maximum atomic E-state index is 13.9. The standard InChI is InChI=1S/C31H28N6O5S/c1-15(2)7-9-33-29(39)23-6-4-18(26(35-23)30(40)41)19-13-25-21(27-16(14-42-25)8-10-43-27)12-20(19)28(38)34-17-3-5-22-24(11-17)37-31(32)36-22/h3-6,8,10-13,15H,7,9,14H2,1-2H3,(H,33,39)(H,34,38)(H,40,41)(H3,32,36,37). The summed E-state index contributed by atoms with van der Waals surface area (Å²) >= 11 is 1.53. The number of amides is 2. The minimum absolute atomic E-state index is 0.0273. The number of carboxylic acids is 1. The highest BCUT2D eigenvalue weighted by atomic mass is 32.1. The van der Waals surface area contributed by atoms with Crippen molar-refractivity contribution in [3.63, 3.8) is 0 Å². The van der Waals surface area contributed by atoms with Crippen LogP contribution in [-0.4, -0.2) is 44.4 Å². The molecule has 43 heavy (non-hydrogen) atoms. The van der Waals surface area contributed by atoms with E-state index in [4.69, 9.17) is 10.5 Å². The van der Waals surface area contributed by atoms with Crippen LogP contribution >= 0.6 is 11.3 Å². The van der Waals surface area contributed by atoms with Gasteiger partial charge in [-0.2, -0.15) is 0 Å². The molecular weight excluding hydrogens is 568 g/mol. The zero-order valence-electron chi connectivity index (χ0n) is 23.4. The number of nitrogens with two attached hydrogens (primary N) is 1. The molecule has 0 spiro atoms. The van der Waals surface area contributed by atoms with Crippen molar-refractivity contribution in [2.45, 2.75) is 26.9 Å². The van der Waals surface area contributed by atoms with Crippen molar-refractivity contribution in [2.75, 3.05) is 17.6 Å². The zero-order valence-corrected chi connectivity index (χ0v) is 24.2. The number of nitrogens with one attached hydrogen (secondary N) is 3. The number of carbonyl (C=O) groups excluding carboxylic acids is 2. The third-order valence-corrected chi connectivity index (χ3v) is 8.11. The summed E-state index contributed by atoms with van der Waals surface area (Å²) in [6, 6.07) is 13.5. The lowest BCUT2D eigenvalue weighted by Gasteiger charge is -2.21. The minimum atomic E-state index is -1.33. The van der Waals surface area contributed by atoms with Crippen LogP contribution in [0.2, 0.25) is 0 Å². The maximum absolute atomic E-state index is 13.9. The first-order chi connectivity index (χ1) is 20.7. The number of pyridine rings is 1. The molecule has 1 aliphatic rings. The van der Waals surface area contributed by atoms with E-state index in [2.05, 4.69) is 25.6 Å². The molecule has 3 aromatic heterocycles. The lowest BCUT2D eigenvalue weighted by molar-refractivity contribution is 0.0691. The summed E-state index contributed by atoms with van der Waals surface area (Å²) in [6.45, 7) is 4.88. The van der Waals surface area contributed by atoms with E-state index in [-0.39, 0.29) is 28.5 Å². The second-order valence-corrected chi connectivity index (χ2v) is 11.5. The van der Waals surface area contributed by atoms with E-state index in [1.807, 2.05) is 25.3 Å². The molecule has 2 amide bonds. The van der Waals surface area contributed by atoms with E-state index in [1.54, 1.807) is 30.3 Å². The predicted octanol–water partition coefficient (Wildman–Crippen LogP) is 5.55. The number of aromatic carboxylic acids is 1. The Bertz CT molecular complexity index is 1910. The SMILES string of the molecule is CC(C)CCNC(=O)c1ccc(-c2cc3c(cc2C(=O)Nc2ccc4nc(N)[nH]c4c2)-c2sccc2CO3)c(C(=O)O)n1. The van der Waals surface area contributed by atoms with Gasteiger partial charge in [0.15, 0.2) is 11.6 Å². The van der Waals surface area contributed by atoms with Crippen LogP contribution in [0.25, 0.3) is 32.6 Å². The topological polar surface area (TPSA) is 172 Å². The number of aromatic nitrogens is 3. The molecule has 0 aliphatic carbocycles. The lowest BCUT2D eigenvalue weighted by Crippen LogP contribution is -2.27. The van der Waals surface area contributed by atoms with Crippen molar-refractivity contribution in [3.8, 4) is 27.3 Å². The van der Waals surface area contributed by atoms with Crippen molar-refractivity contribution < 1.29 is 24.2 Å². The Morgan fingerprint density at radius 3 is 2.67 bits per heavy atom. The normalized spacial score (nSPS) is 12.0. The molecule has 218 valence electrons. The molecule has 6 rings (SSSR count). The molecule has 0 atom stereocenters. The number of carbonyl (C=O) groups is 3. The first-order valence-electron chi connectivity index (χ1n) is 13.6. The first kappa shape index (κ1) is 27.9. The van der Waals surface area contributed by atoms with E-state index in [9.17, 15) is 19.5 Å². The van der Waals surface area contributed by atoms with Crippen molar-refractivity contribution in [3.05, 3.63) is 76.4 Å². The fraction of sp³-hybridized carbons (Fsp3) is 0.194. The monoisotopic (exact) mass is 596 g/mol. The van der Waals surface area contributed by atoms with Gasteiger partial charge in [-0.15, -0.1) is 11.3 Å². The summed E-state index contributed by atoms with van der Waals surface area (Å²) in [4.78, 5) is 51.4. The Morgan fingerprint density at radius 2 is 1.88 bits per heavy atom. The summed E-state index contributed by atoms with van der Waals surface area (Å²) in [5.74, 6) is -1.11. The Morgan fingerprint density at radius 1 is 1.05 bits per heavy atom. The zero-order chi connectivity index (χ0) is 30.2. The summed E-state index contributed by atoms with van der Waals surface area (Å²) in [5, 5.41) is 17.8. The van der Waals surface area contributed by atoms with Gasteiger partial charge in [-0.25, -0.2) is 14.8 Å². The van der Waals surface area contributed by atoms with Gasteiger partial charge in [0.1, 0.15) is 18.1 Å². The number of anilines is 2. The highest BCUT2D eigenvalue weighted by Crippen LogP contribution is 2.44. The minimum Gasteiger partial charge on any atom is -0.488 e. The third-order valence-electron chi connectivity index (χ3n) is 7.12. The molecule has 0 fully saturated rings. The van der Waals surface area contributed by atoms with Crippen LogP contribution in [0, 0.1) is 5.92 Å². The molecule has 12 heteroatoms. The van der Waals surface area contributed by atoms with Crippen LogP contribution in [-0.2, 0) is 6.61 Å². The fourth-order valence-corrected chi connectivity index (χ4v) is 5.90. The largest absolute Gasteiger partial charge is 0.488 e. The number of H-pyrrole nitrogens is 1. The number of benzene rings is 2. The van der Waals surface area contributed by atoms with Gasteiger partial charge in [0.05, 0.1) is 11.0 Å². The molecule has 0 saturated carbocycles. The number of imidazole rings is 1. The van der Waals surface area contributed by atoms with Gasteiger partial charge in [0, 0.05) is 44.9 Å². The van der Waals surface area contributed by atoms with Crippen LogP contribution in [0.1, 0.15) is 57.2 Å². The molecule has 11 nitrogen and oxygen atoms in total. The Balaban J connectivity index is 1.43. The van der Waals surface area contributed by atoms with Crippen LogP contribution in [0.4, 0.5) is 11.6 Å². The van der Waals surface area contributed by atoms with Gasteiger partial charge >= 0.3 is 5.97 Å². The fourth-order valence-electron chi connectivity index (χ4n) is 4.97. The molecule has 0 unspecified atom stereocenters. The number of aromatic amines is 1. The molecule has 0 radical (unpaired) electrons. The second kappa shape index (κ2) is 11.2. The average molecular weight is 597 g/mol. The summed E-state index contributed by atoms with van der Waals surface area (Å²) in [7, 11) is 0. The van der Waals surface area contributed by atoms with E-state index < -0.39 is 17.8 Å². The number of carboxylic acid groups (broad SMARTS) is 1. The number of fused-ring (bicyclic) bond motifs is 4. The number of hydrogen-bond acceptors (Lipinski definition) is 8. The van der Waals surface area contributed by atoms with Crippen LogP contribution in [0.5, 0.6) is 5.75 Å². The summed E-state index contributed by atoms with van der Waals surface area (Å²) in [5.41, 5.74) is 9.61. The van der Waals surface area contributed by atoms with Crippen molar-refractivity contribution in [2.24, 2.45) is 5.92 Å². The number of ether oxygens (including phenoxy) is 1. The second-order valence-electron chi connectivity index (χ2n) is 10.6. The highest BCUT2D eigenvalue weighted by Gasteiger charge is 2.27. The van der Waals surface area contributed by atoms with E-state index in [1.165, 1.54) is 23.5 Å². The van der Waals surface area contributed by atoms with Gasteiger partial charge in [-0.05, 0) is 66.2 Å². The molecule has 5 aromatic rings. The van der Waals surface area contributed by atoms with Gasteiger partial charge in [0.25, 0.3) is 11.8 Å². The maximum Gasteiger partial charge on any atom is 0.355 e. The first-order valence-corrected chi connectivity index (χ1v) is 14.5. The summed E-state index contributed by atoms with van der Waals surface area (Å²) in [6.07, 6.45) is 0.774. The molecule has 0 saturated heterocycles. The Labute approximate surface area is 250 Å². The number of hydrogen-bond donors (Lipinski definition) is 5. The van der Waals surface area contributed by atoms with Crippen molar-refractivity contribution in [1.29, 1.82) is 0 Å². The molecule has 2 aromatic carbocycles. The molecule has 6 N–H and O–H groups in total. The highest BCUT2D eigenvalue weighted by molar-refractivity contribution is 7.13. The van der Waals surface area contributed by atoms with E-state index in [0.29, 0.717) is 47.1 Å². The average Bonchev–Trinajstić information content (AvgIpc) is 3.61. The van der Waals surface area contributed by atoms with Crippen LogP contribution in [0.15, 0.2) is 53.9 Å². The van der Waals surface area contributed by atoms with Crippen molar-refractivity contribution >= 4 is 51.8 Å². The number of nitrogens with zero attached hydrogens (tertiary/aromatic N) is 2. The predicted molar refractivity (Wildman–Crippen MR) is 165 cm³/mol. The Kier molecular flexibility index (Phi) is 7.28. The quantitative estimate of drug-likeness (QED) is 0.155. The third kappa shape index (κ3) is 5.52. The lowest BCUT2D eigenvalue weighted by atomic mass is 9.92. The van der Waals surface area contributed by atoms with E-state index >= 15 is 0 Å². The van der Waals surface area contributed by atoms with Crippen molar-refractivity contribution in [1.82, 2.24) is 20.3 Å². The van der Waals surface area contributed by atoms with Crippen LogP contribution in [0.3, 0.4) is 0 Å². The number of rotatable bonds is 8. The molecule has 4 heterocycles. The molecular formula is C31H28N6O5S. The molecule has 0 bridgehead atoms. The number of nitrogen functional groups attached to an aromatic ring is 1. The summed E-state index contributed by atoms with van der Waals surface area (Å²) < 4.78 is 6.02. The van der Waals surface area contributed by atoms with Gasteiger partial charge in [-0.1, -0.05) is 13.8 Å². The van der Waals surface area contributed by atoms with E-state index in [0.717, 1.165) is 22.4 Å². The molecule has 1 aliphatic heterocycles. The smallest absolute Gasteiger partial charge is 0.355 e. The number of thiophene rings is 1. The van der Waals surface area contributed by atoms with Crippen LogP contribution < -0.4 is 21.1 Å². The van der Waals surface area contributed by atoms with Gasteiger partial charge < -0.3 is 31.2 Å².